The Hall–Kier alpha value is -1.92. The standard InChI is InChI=1S/C76H145NO5/c1-3-5-7-9-11-13-15-17-19-20-21-22-28-31-34-37-41-44-48-52-56-60-64-68-74(79)73(72-78)77-75(80)69-65-61-57-53-49-45-42-38-35-32-29-26-24-23-25-27-30-33-36-39-43-47-51-55-59-63-67-71-82-76(81)70-66-62-58-54-50-46-40-18-16-14-12-10-8-6-4-2/h12,14,18,23-24,40,73-74,78-79H,3-11,13,15-17,19-22,25-39,41-72H2,1-2H3,(H,77,80)/b14-12-,24-23-,40-18-. The molecule has 1 amide bonds. The third kappa shape index (κ3) is 67.2. The maximum atomic E-state index is 12.6. The highest BCUT2D eigenvalue weighted by Crippen LogP contribution is 2.19. The number of esters is 1. The number of carbonyl (C=O) groups excluding carboxylic acids is 2. The predicted molar refractivity (Wildman–Crippen MR) is 361 cm³/mol. The third-order valence-electron chi connectivity index (χ3n) is 17.4. The number of hydrogen-bond donors (Lipinski definition) is 3. The van der Waals surface area contributed by atoms with Gasteiger partial charge in [-0.3, -0.25) is 9.59 Å². The van der Waals surface area contributed by atoms with Crippen LogP contribution in [0, 0.1) is 0 Å². The zero-order chi connectivity index (χ0) is 59.2. The molecule has 3 N–H and O–H groups in total. The molecule has 0 aliphatic rings. The fourth-order valence-corrected chi connectivity index (χ4v) is 11.7. The van der Waals surface area contributed by atoms with Crippen molar-refractivity contribution in [1.29, 1.82) is 0 Å². The molecule has 0 saturated carbocycles. The summed E-state index contributed by atoms with van der Waals surface area (Å²) >= 11 is 0. The average molecular weight is 1150 g/mol. The van der Waals surface area contributed by atoms with Gasteiger partial charge in [-0.05, 0) is 83.5 Å². The third-order valence-corrected chi connectivity index (χ3v) is 17.4. The maximum Gasteiger partial charge on any atom is 0.305 e. The fraction of sp³-hybridized carbons (Fsp3) is 0.895. The van der Waals surface area contributed by atoms with Crippen molar-refractivity contribution in [2.75, 3.05) is 13.2 Å². The second-order valence-electron chi connectivity index (χ2n) is 25.6. The van der Waals surface area contributed by atoms with E-state index in [0.717, 1.165) is 51.4 Å². The zero-order valence-electron chi connectivity index (χ0n) is 55.5. The van der Waals surface area contributed by atoms with Crippen LogP contribution in [0.3, 0.4) is 0 Å². The lowest BCUT2D eigenvalue weighted by Gasteiger charge is -2.22. The van der Waals surface area contributed by atoms with Gasteiger partial charge in [0, 0.05) is 12.8 Å². The van der Waals surface area contributed by atoms with Crippen LogP contribution in [0.5, 0.6) is 0 Å². The molecule has 484 valence electrons. The van der Waals surface area contributed by atoms with Crippen molar-refractivity contribution >= 4 is 11.9 Å². The molecule has 0 aromatic carbocycles. The largest absolute Gasteiger partial charge is 0.466 e. The summed E-state index contributed by atoms with van der Waals surface area (Å²) in [6, 6.07) is -0.544. The number of allylic oxidation sites excluding steroid dienone is 6. The lowest BCUT2D eigenvalue weighted by Crippen LogP contribution is -2.45. The fourth-order valence-electron chi connectivity index (χ4n) is 11.7. The van der Waals surface area contributed by atoms with Crippen LogP contribution in [-0.4, -0.2) is 47.4 Å². The first-order chi connectivity index (χ1) is 40.5. The summed E-state index contributed by atoms with van der Waals surface area (Å²) in [5.41, 5.74) is 0. The predicted octanol–water partition coefficient (Wildman–Crippen LogP) is 24.3. The van der Waals surface area contributed by atoms with Gasteiger partial charge in [0.1, 0.15) is 0 Å². The van der Waals surface area contributed by atoms with Crippen molar-refractivity contribution in [2.45, 2.75) is 424 Å². The van der Waals surface area contributed by atoms with Crippen molar-refractivity contribution < 1.29 is 24.5 Å². The number of amides is 1. The van der Waals surface area contributed by atoms with Gasteiger partial charge in [-0.2, -0.15) is 0 Å². The molecule has 0 radical (unpaired) electrons. The first-order valence-corrected chi connectivity index (χ1v) is 37.2. The minimum absolute atomic E-state index is 0.00174. The van der Waals surface area contributed by atoms with E-state index in [1.54, 1.807) is 0 Å². The zero-order valence-corrected chi connectivity index (χ0v) is 55.5. The average Bonchev–Trinajstić information content (AvgIpc) is 3.48. The Morgan fingerprint density at radius 3 is 0.963 bits per heavy atom. The first-order valence-electron chi connectivity index (χ1n) is 37.2. The van der Waals surface area contributed by atoms with Gasteiger partial charge < -0.3 is 20.3 Å². The second kappa shape index (κ2) is 71.6. The van der Waals surface area contributed by atoms with E-state index in [-0.39, 0.29) is 18.5 Å². The number of ether oxygens (including phenoxy) is 1. The molecule has 0 aliphatic carbocycles. The monoisotopic (exact) mass is 1150 g/mol. The summed E-state index contributed by atoms with van der Waals surface area (Å²) in [5.74, 6) is -0.0295. The van der Waals surface area contributed by atoms with Crippen LogP contribution >= 0.6 is 0 Å². The number of nitrogens with one attached hydrogen (secondary N) is 1. The molecule has 0 bridgehead atoms. The second-order valence-corrected chi connectivity index (χ2v) is 25.6. The molecule has 0 heterocycles. The van der Waals surface area contributed by atoms with Gasteiger partial charge in [0.2, 0.25) is 5.91 Å². The molecule has 0 rings (SSSR count). The lowest BCUT2D eigenvalue weighted by molar-refractivity contribution is -0.143. The van der Waals surface area contributed by atoms with Gasteiger partial charge in [0.25, 0.3) is 0 Å². The Kier molecular flexibility index (Phi) is 69.9. The minimum Gasteiger partial charge on any atom is -0.466 e. The highest BCUT2D eigenvalue weighted by Gasteiger charge is 2.20. The number of aliphatic hydroxyl groups is 2. The molecule has 0 aliphatic heterocycles. The molecular formula is C76H145NO5. The van der Waals surface area contributed by atoms with Crippen LogP contribution in [0.1, 0.15) is 412 Å². The molecule has 0 fully saturated rings. The number of rotatable bonds is 70. The van der Waals surface area contributed by atoms with Crippen molar-refractivity contribution in [3.8, 4) is 0 Å². The molecule has 2 unspecified atom stereocenters. The van der Waals surface area contributed by atoms with Crippen molar-refractivity contribution in [2.24, 2.45) is 0 Å². The highest BCUT2D eigenvalue weighted by atomic mass is 16.5. The molecule has 0 aromatic rings. The van der Waals surface area contributed by atoms with Crippen LogP contribution in [0.15, 0.2) is 36.5 Å². The van der Waals surface area contributed by atoms with E-state index in [9.17, 15) is 19.8 Å². The highest BCUT2D eigenvalue weighted by molar-refractivity contribution is 5.76. The molecule has 0 spiro atoms. The van der Waals surface area contributed by atoms with E-state index < -0.39 is 12.1 Å². The Morgan fingerprint density at radius 1 is 0.341 bits per heavy atom. The number of hydrogen-bond acceptors (Lipinski definition) is 5. The lowest BCUT2D eigenvalue weighted by atomic mass is 10.0. The Morgan fingerprint density at radius 2 is 0.610 bits per heavy atom. The molecule has 2 atom stereocenters. The van der Waals surface area contributed by atoms with Crippen molar-refractivity contribution in [1.82, 2.24) is 5.32 Å². The van der Waals surface area contributed by atoms with Crippen LogP contribution in [-0.2, 0) is 14.3 Å². The van der Waals surface area contributed by atoms with Gasteiger partial charge in [-0.15, -0.1) is 0 Å². The summed E-state index contributed by atoms with van der Waals surface area (Å²) in [7, 11) is 0. The van der Waals surface area contributed by atoms with Crippen molar-refractivity contribution in [3.05, 3.63) is 36.5 Å². The van der Waals surface area contributed by atoms with Gasteiger partial charge >= 0.3 is 5.97 Å². The first kappa shape index (κ1) is 80.1. The molecule has 6 nitrogen and oxygen atoms in total. The van der Waals surface area contributed by atoms with Crippen molar-refractivity contribution in [3.63, 3.8) is 0 Å². The summed E-state index contributed by atoms with van der Waals surface area (Å²) in [4.78, 5) is 24.6. The summed E-state index contributed by atoms with van der Waals surface area (Å²) in [6.45, 7) is 4.96. The molecule has 82 heavy (non-hydrogen) atoms. The SMILES string of the molecule is CCCCC/C=C\C/C=C\CCCCCCCC(=O)OCCCCCCCCCCCCCC/C=C\CCCCCCCCCCCCCC(=O)NC(CO)C(O)CCCCCCCCCCCCCCCCCCCCCCCCC. The van der Waals surface area contributed by atoms with Gasteiger partial charge in [0.15, 0.2) is 0 Å². The minimum atomic E-state index is -0.667. The van der Waals surface area contributed by atoms with Crippen LogP contribution < -0.4 is 5.32 Å². The van der Waals surface area contributed by atoms with Crippen LogP contribution in [0.25, 0.3) is 0 Å². The van der Waals surface area contributed by atoms with Gasteiger partial charge in [0.05, 0.1) is 25.4 Å². The summed E-state index contributed by atoms with van der Waals surface area (Å²) in [6.07, 6.45) is 92.0. The van der Waals surface area contributed by atoms with E-state index in [1.807, 2.05) is 0 Å². The molecular weight excluding hydrogens is 1010 g/mol. The molecule has 6 heteroatoms. The Bertz CT molecular complexity index is 1330. The number of aliphatic hydroxyl groups excluding tert-OH is 2. The van der Waals surface area contributed by atoms with E-state index in [4.69, 9.17) is 4.74 Å². The van der Waals surface area contributed by atoms with Crippen LogP contribution in [0.4, 0.5) is 0 Å². The summed E-state index contributed by atoms with van der Waals surface area (Å²) in [5, 5.41) is 23.5. The van der Waals surface area contributed by atoms with Gasteiger partial charge in [-0.25, -0.2) is 0 Å². The quantitative estimate of drug-likeness (QED) is 0.0320. The van der Waals surface area contributed by atoms with E-state index in [2.05, 4.69) is 55.6 Å². The number of unbranched alkanes of at least 4 members (excludes halogenated alkanes) is 53. The van der Waals surface area contributed by atoms with Gasteiger partial charge in [-0.1, -0.05) is 352 Å². The van der Waals surface area contributed by atoms with Crippen LogP contribution in [0.2, 0.25) is 0 Å². The molecule has 0 aromatic heterocycles. The normalized spacial score (nSPS) is 12.7. The van der Waals surface area contributed by atoms with E-state index >= 15 is 0 Å². The smallest absolute Gasteiger partial charge is 0.305 e. The van der Waals surface area contributed by atoms with E-state index in [0.29, 0.717) is 25.9 Å². The number of carbonyl (C=O) groups is 2. The Labute approximate surface area is 513 Å². The maximum absolute atomic E-state index is 12.6. The van der Waals surface area contributed by atoms with E-state index in [1.165, 1.54) is 327 Å². The topological polar surface area (TPSA) is 95.9 Å². The molecule has 0 saturated heterocycles. The summed E-state index contributed by atoms with van der Waals surface area (Å²) < 4.78 is 5.49. The Balaban J connectivity index is 3.39.